The fraction of sp³-hybridized carbons (Fsp3) is 0.467. The normalized spacial score (nSPS) is 29.5. The van der Waals surface area contributed by atoms with E-state index in [1.54, 1.807) is 11.1 Å². The lowest BCUT2D eigenvalue weighted by molar-refractivity contribution is 0.512. The molecule has 2 unspecified atom stereocenters. The van der Waals surface area contributed by atoms with Gasteiger partial charge in [0.05, 0.1) is 0 Å². The predicted molar refractivity (Wildman–Crippen MR) is 64.1 cm³/mol. The van der Waals surface area contributed by atoms with E-state index in [9.17, 15) is 0 Å². The van der Waals surface area contributed by atoms with Crippen LogP contribution in [0.5, 0.6) is 0 Å². The van der Waals surface area contributed by atoms with Crippen LogP contribution >= 0.6 is 0 Å². The van der Waals surface area contributed by atoms with Gasteiger partial charge in [-0.1, -0.05) is 42.8 Å². The monoisotopic (exact) mass is 198 g/mol. The topological polar surface area (TPSA) is 0 Å². The molecule has 0 N–H and O–H groups in total. The van der Waals surface area contributed by atoms with E-state index < -0.39 is 0 Å². The van der Waals surface area contributed by atoms with E-state index in [2.05, 4.69) is 30.8 Å². The summed E-state index contributed by atoms with van der Waals surface area (Å²) in [6.45, 7) is 4.24. The molecule has 0 spiro atoms. The zero-order valence-electron chi connectivity index (χ0n) is 9.21. The lowest BCUT2D eigenvalue weighted by Crippen LogP contribution is -2.00. The zero-order valence-corrected chi connectivity index (χ0v) is 9.21. The molecule has 3 rings (SSSR count). The fourth-order valence-electron chi connectivity index (χ4n) is 3.38. The van der Waals surface area contributed by atoms with Crippen LogP contribution in [0.4, 0.5) is 0 Å². The fourth-order valence-corrected chi connectivity index (χ4v) is 3.38. The second-order valence-corrected chi connectivity index (χ2v) is 5.11. The maximum atomic E-state index is 4.24. The molecule has 2 atom stereocenters. The zero-order chi connectivity index (χ0) is 10.3. The molecule has 0 amide bonds. The van der Waals surface area contributed by atoms with Gasteiger partial charge in [0.25, 0.3) is 0 Å². The summed E-state index contributed by atoms with van der Waals surface area (Å²) < 4.78 is 0. The highest BCUT2D eigenvalue weighted by atomic mass is 14.3. The Labute approximate surface area is 92.0 Å². The van der Waals surface area contributed by atoms with Crippen molar-refractivity contribution in [3.63, 3.8) is 0 Å². The summed E-state index contributed by atoms with van der Waals surface area (Å²) in [6.07, 6.45) is 6.59. The van der Waals surface area contributed by atoms with Gasteiger partial charge in [-0.15, -0.1) is 0 Å². The summed E-state index contributed by atoms with van der Waals surface area (Å²) >= 11 is 0. The Bertz CT molecular complexity index is 354. The molecule has 1 aromatic rings. The number of hydrogen-bond donors (Lipinski definition) is 0. The summed E-state index contributed by atoms with van der Waals surface area (Å²) in [5, 5.41) is 0. The van der Waals surface area contributed by atoms with Crippen LogP contribution in [-0.4, -0.2) is 0 Å². The van der Waals surface area contributed by atoms with E-state index >= 15 is 0 Å². The molecule has 0 radical (unpaired) electrons. The van der Waals surface area contributed by atoms with Crippen molar-refractivity contribution in [2.75, 3.05) is 0 Å². The van der Waals surface area contributed by atoms with Crippen molar-refractivity contribution in [3.8, 4) is 0 Å². The summed E-state index contributed by atoms with van der Waals surface area (Å²) in [6, 6.07) is 9.08. The number of rotatable bonds is 0. The summed E-state index contributed by atoms with van der Waals surface area (Å²) in [4.78, 5) is 0. The van der Waals surface area contributed by atoms with Crippen molar-refractivity contribution < 1.29 is 0 Å². The van der Waals surface area contributed by atoms with Crippen LogP contribution in [0.25, 0.3) is 0 Å². The number of hydrogen-bond acceptors (Lipinski definition) is 0. The van der Waals surface area contributed by atoms with Crippen molar-refractivity contribution in [2.24, 2.45) is 0 Å². The molecular formula is C15H18. The maximum absolute atomic E-state index is 4.24. The maximum Gasteiger partial charge on any atom is -0.0122 e. The molecule has 0 saturated carbocycles. The van der Waals surface area contributed by atoms with Gasteiger partial charge in [0.1, 0.15) is 0 Å². The number of allylic oxidation sites excluding steroid dienone is 1. The van der Waals surface area contributed by atoms with Gasteiger partial charge in [0, 0.05) is 0 Å². The number of benzene rings is 1. The molecule has 0 heterocycles. The first-order valence-electron chi connectivity index (χ1n) is 6.10. The average molecular weight is 198 g/mol. The Morgan fingerprint density at radius 1 is 0.933 bits per heavy atom. The Hall–Kier alpha value is -1.04. The molecule has 0 fully saturated rings. The molecule has 1 aromatic carbocycles. The molecule has 0 aromatic heterocycles. The Kier molecular flexibility index (Phi) is 2.16. The molecule has 0 nitrogen and oxygen atoms in total. The average Bonchev–Trinajstić information content (AvgIpc) is 2.45. The van der Waals surface area contributed by atoms with E-state index in [-0.39, 0.29) is 0 Å². The second-order valence-electron chi connectivity index (χ2n) is 5.11. The third kappa shape index (κ3) is 1.52. The van der Waals surface area contributed by atoms with Crippen LogP contribution in [0.2, 0.25) is 0 Å². The minimum Gasteiger partial charge on any atom is -0.0998 e. The van der Waals surface area contributed by atoms with Crippen molar-refractivity contribution in [2.45, 2.75) is 43.9 Å². The molecule has 15 heavy (non-hydrogen) atoms. The molecule has 2 bridgehead atoms. The first-order valence-corrected chi connectivity index (χ1v) is 6.10. The predicted octanol–water partition coefficient (Wildman–Crippen LogP) is 4.39. The first-order chi connectivity index (χ1) is 7.34. The molecular weight excluding hydrogens is 180 g/mol. The van der Waals surface area contributed by atoms with Crippen LogP contribution < -0.4 is 0 Å². The largest absolute Gasteiger partial charge is 0.0998 e. The molecule has 2 aliphatic carbocycles. The third-order valence-corrected chi connectivity index (χ3v) is 4.05. The smallest absolute Gasteiger partial charge is 0.0122 e. The van der Waals surface area contributed by atoms with E-state index in [4.69, 9.17) is 0 Å². The second kappa shape index (κ2) is 3.52. The summed E-state index contributed by atoms with van der Waals surface area (Å²) in [7, 11) is 0. The minimum absolute atomic E-state index is 0.765. The third-order valence-electron chi connectivity index (χ3n) is 4.05. The van der Waals surface area contributed by atoms with Crippen LogP contribution in [0.1, 0.15) is 55.1 Å². The highest BCUT2D eigenvalue weighted by molar-refractivity contribution is 5.38. The van der Waals surface area contributed by atoms with Gasteiger partial charge >= 0.3 is 0 Å². The minimum atomic E-state index is 0.765. The van der Waals surface area contributed by atoms with E-state index in [1.165, 1.54) is 37.7 Å². The Morgan fingerprint density at radius 3 is 2.00 bits per heavy atom. The molecule has 0 saturated heterocycles. The van der Waals surface area contributed by atoms with Gasteiger partial charge < -0.3 is 0 Å². The van der Waals surface area contributed by atoms with Gasteiger partial charge in [0.15, 0.2) is 0 Å². The highest BCUT2D eigenvalue weighted by Crippen LogP contribution is 2.46. The van der Waals surface area contributed by atoms with Gasteiger partial charge in [-0.3, -0.25) is 0 Å². The van der Waals surface area contributed by atoms with Crippen LogP contribution in [0.3, 0.4) is 0 Å². The summed E-state index contributed by atoms with van der Waals surface area (Å²) in [5.74, 6) is 1.53. The van der Waals surface area contributed by atoms with E-state index in [0.29, 0.717) is 0 Å². The SMILES string of the molecule is C=C1CC2CCCC(C1)c1ccccc12. The van der Waals surface area contributed by atoms with Crippen molar-refractivity contribution in [1.82, 2.24) is 0 Å². The molecule has 78 valence electrons. The van der Waals surface area contributed by atoms with Crippen LogP contribution in [-0.2, 0) is 0 Å². The van der Waals surface area contributed by atoms with Crippen molar-refractivity contribution in [3.05, 3.63) is 47.5 Å². The summed E-state index contributed by atoms with van der Waals surface area (Å²) in [5.41, 5.74) is 4.72. The van der Waals surface area contributed by atoms with Crippen LogP contribution in [0.15, 0.2) is 36.4 Å². The lowest BCUT2D eigenvalue weighted by atomic mass is 9.88. The van der Waals surface area contributed by atoms with Gasteiger partial charge in [0.2, 0.25) is 0 Å². The van der Waals surface area contributed by atoms with Gasteiger partial charge in [-0.05, 0) is 48.6 Å². The standard InChI is InChI=1S/C15H18/c1-11-9-12-5-4-6-13(10-11)15-8-3-2-7-14(12)15/h2-3,7-8,12-13H,1,4-6,9-10H2. The quantitative estimate of drug-likeness (QED) is 0.542. The van der Waals surface area contributed by atoms with Crippen molar-refractivity contribution in [1.29, 1.82) is 0 Å². The molecule has 2 aliphatic rings. The molecule has 0 aliphatic heterocycles. The van der Waals surface area contributed by atoms with Crippen molar-refractivity contribution >= 4 is 0 Å². The van der Waals surface area contributed by atoms with Gasteiger partial charge in [-0.25, -0.2) is 0 Å². The lowest BCUT2D eigenvalue weighted by Gasteiger charge is -2.17. The van der Waals surface area contributed by atoms with E-state index in [1.807, 2.05) is 0 Å². The van der Waals surface area contributed by atoms with Crippen LogP contribution in [0, 0.1) is 0 Å². The highest BCUT2D eigenvalue weighted by Gasteiger charge is 2.28. The van der Waals surface area contributed by atoms with E-state index in [0.717, 1.165) is 11.8 Å². The molecule has 0 heteroatoms. The Morgan fingerprint density at radius 2 is 1.47 bits per heavy atom. The first kappa shape index (κ1) is 9.21. The van der Waals surface area contributed by atoms with Gasteiger partial charge in [-0.2, -0.15) is 0 Å². The Balaban J connectivity index is 2.14.